The highest BCUT2D eigenvalue weighted by molar-refractivity contribution is 5.78. The van der Waals surface area contributed by atoms with E-state index in [1.807, 2.05) is 7.05 Å². The summed E-state index contributed by atoms with van der Waals surface area (Å²) in [5, 5.41) is 0. The summed E-state index contributed by atoms with van der Waals surface area (Å²) in [7, 11) is 1.83. The van der Waals surface area contributed by atoms with Gasteiger partial charge in [0.2, 0.25) is 11.9 Å². The van der Waals surface area contributed by atoms with Crippen molar-refractivity contribution in [1.29, 1.82) is 0 Å². The highest BCUT2D eigenvalue weighted by Crippen LogP contribution is 2.24. The minimum absolute atomic E-state index is 0.0436. The summed E-state index contributed by atoms with van der Waals surface area (Å²) in [5.74, 6) is 0.744. The number of amides is 1. The van der Waals surface area contributed by atoms with E-state index in [4.69, 9.17) is 4.74 Å². The van der Waals surface area contributed by atoms with Crippen LogP contribution >= 0.6 is 0 Å². The summed E-state index contributed by atoms with van der Waals surface area (Å²) in [6, 6.07) is 1.90. The number of likely N-dealkylation sites (N-methyl/N-ethyl adjacent to an activating group) is 1. The lowest BCUT2D eigenvalue weighted by Gasteiger charge is -2.33. The van der Waals surface area contributed by atoms with E-state index in [9.17, 15) is 4.79 Å². The fourth-order valence-corrected chi connectivity index (χ4v) is 2.38. The Labute approximate surface area is 99.2 Å². The van der Waals surface area contributed by atoms with Gasteiger partial charge in [-0.15, -0.1) is 0 Å². The van der Waals surface area contributed by atoms with Gasteiger partial charge in [0.15, 0.2) is 0 Å². The molecule has 3 rings (SSSR count). The molecular formula is C11H14N4O2. The van der Waals surface area contributed by atoms with Crippen LogP contribution in [0.15, 0.2) is 18.5 Å². The van der Waals surface area contributed by atoms with E-state index in [0.717, 1.165) is 13.1 Å². The summed E-state index contributed by atoms with van der Waals surface area (Å²) < 4.78 is 5.55. The van der Waals surface area contributed by atoms with E-state index < -0.39 is 0 Å². The van der Waals surface area contributed by atoms with Gasteiger partial charge in [0.1, 0.15) is 6.61 Å². The minimum Gasteiger partial charge on any atom is -0.364 e. The Bertz CT molecular complexity index is 425. The first-order chi connectivity index (χ1) is 8.25. The standard InChI is InChI=1S/C11H14N4O2/c1-14-8-5-15(11-12-3-2-4-13-11)6-9(8)17-7-10(14)16/h2-4,8-9H,5-7H2,1H3/t8-,9+/m1/s1. The fourth-order valence-electron chi connectivity index (χ4n) is 2.38. The van der Waals surface area contributed by atoms with Crippen molar-refractivity contribution in [2.45, 2.75) is 12.1 Å². The number of carbonyl (C=O) groups excluding carboxylic acids is 1. The van der Waals surface area contributed by atoms with Crippen LogP contribution in [0, 0.1) is 0 Å². The zero-order chi connectivity index (χ0) is 11.8. The van der Waals surface area contributed by atoms with Crippen LogP contribution in [0.25, 0.3) is 0 Å². The van der Waals surface area contributed by atoms with Gasteiger partial charge >= 0.3 is 0 Å². The first-order valence-corrected chi connectivity index (χ1v) is 5.65. The predicted molar refractivity (Wildman–Crippen MR) is 60.5 cm³/mol. The monoisotopic (exact) mass is 234 g/mol. The number of nitrogens with zero attached hydrogens (tertiary/aromatic N) is 4. The summed E-state index contributed by atoms with van der Waals surface area (Å²) in [6.07, 6.45) is 3.52. The molecule has 2 fully saturated rings. The van der Waals surface area contributed by atoms with Gasteiger partial charge in [-0.05, 0) is 6.07 Å². The third-order valence-corrected chi connectivity index (χ3v) is 3.38. The maximum atomic E-state index is 11.5. The number of aromatic nitrogens is 2. The second-order valence-electron chi connectivity index (χ2n) is 4.38. The number of fused-ring (bicyclic) bond motifs is 1. The fraction of sp³-hybridized carbons (Fsp3) is 0.545. The molecule has 2 aliphatic rings. The number of rotatable bonds is 1. The molecule has 2 aliphatic heterocycles. The number of carbonyl (C=O) groups is 1. The zero-order valence-electron chi connectivity index (χ0n) is 9.61. The lowest BCUT2D eigenvalue weighted by molar-refractivity contribution is -0.150. The molecule has 0 saturated carbocycles. The maximum absolute atomic E-state index is 11.5. The van der Waals surface area contributed by atoms with Crippen molar-refractivity contribution in [2.24, 2.45) is 0 Å². The van der Waals surface area contributed by atoms with Crippen LogP contribution in [0.3, 0.4) is 0 Å². The van der Waals surface area contributed by atoms with E-state index in [2.05, 4.69) is 14.9 Å². The van der Waals surface area contributed by atoms with Gasteiger partial charge in [0.25, 0.3) is 0 Å². The molecule has 2 saturated heterocycles. The molecule has 2 atom stereocenters. The van der Waals surface area contributed by atoms with Crippen molar-refractivity contribution in [3.63, 3.8) is 0 Å². The van der Waals surface area contributed by atoms with Gasteiger partial charge in [-0.2, -0.15) is 0 Å². The number of hydrogen-bond acceptors (Lipinski definition) is 5. The van der Waals surface area contributed by atoms with Crippen molar-refractivity contribution < 1.29 is 9.53 Å². The molecule has 90 valence electrons. The molecule has 1 aromatic heterocycles. The first kappa shape index (κ1) is 10.5. The molecule has 0 aliphatic carbocycles. The third-order valence-electron chi connectivity index (χ3n) is 3.38. The van der Waals surface area contributed by atoms with Crippen molar-refractivity contribution in [2.75, 3.05) is 31.6 Å². The molecule has 0 aromatic carbocycles. The number of hydrogen-bond donors (Lipinski definition) is 0. The van der Waals surface area contributed by atoms with Gasteiger partial charge in [-0.1, -0.05) is 0 Å². The van der Waals surface area contributed by atoms with Gasteiger partial charge < -0.3 is 14.5 Å². The average molecular weight is 234 g/mol. The van der Waals surface area contributed by atoms with Gasteiger partial charge in [-0.25, -0.2) is 9.97 Å². The Morgan fingerprint density at radius 2 is 2.12 bits per heavy atom. The molecule has 1 amide bonds. The first-order valence-electron chi connectivity index (χ1n) is 5.65. The van der Waals surface area contributed by atoms with Gasteiger partial charge in [-0.3, -0.25) is 4.79 Å². The van der Waals surface area contributed by atoms with Crippen molar-refractivity contribution in [1.82, 2.24) is 14.9 Å². The molecule has 3 heterocycles. The normalized spacial score (nSPS) is 28.4. The second-order valence-corrected chi connectivity index (χ2v) is 4.38. The summed E-state index contributed by atoms with van der Waals surface area (Å²) in [6.45, 7) is 1.66. The van der Waals surface area contributed by atoms with Crippen LogP contribution in [0.4, 0.5) is 5.95 Å². The van der Waals surface area contributed by atoms with E-state index in [-0.39, 0.29) is 24.7 Å². The summed E-state index contributed by atoms with van der Waals surface area (Å²) in [5.41, 5.74) is 0. The Morgan fingerprint density at radius 3 is 2.88 bits per heavy atom. The molecule has 0 radical (unpaired) electrons. The van der Waals surface area contributed by atoms with Crippen LogP contribution in [-0.4, -0.2) is 59.7 Å². The Morgan fingerprint density at radius 1 is 1.35 bits per heavy atom. The molecule has 0 N–H and O–H groups in total. The van der Waals surface area contributed by atoms with Crippen LogP contribution in [0.1, 0.15) is 0 Å². The van der Waals surface area contributed by atoms with Crippen molar-refractivity contribution in [3.05, 3.63) is 18.5 Å². The van der Waals surface area contributed by atoms with E-state index in [1.165, 1.54) is 0 Å². The highest BCUT2D eigenvalue weighted by atomic mass is 16.5. The molecular weight excluding hydrogens is 220 g/mol. The van der Waals surface area contributed by atoms with E-state index >= 15 is 0 Å². The summed E-state index contributed by atoms with van der Waals surface area (Å²) >= 11 is 0. The third kappa shape index (κ3) is 1.74. The second kappa shape index (κ2) is 3.96. The topological polar surface area (TPSA) is 58.6 Å². The van der Waals surface area contributed by atoms with E-state index in [0.29, 0.717) is 5.95 Å². The highest BCUT2D eigenvalue weighted by Gasteiger charge is 2.42. The Kier molecular flexibility index (Phi) is 2.44. The molecule has 0 unspecified atom stereocenters. The quantitative estimate of drug-likeness (QED) is 0.657. The van der Waals surface area contributed by atoms with Crippen LogP contribution in [-0.2, 0) is 9.53 Å². The van der Waals surface area contributed by atoms with Gasteiger partial charge in [0, 0.05) is 32.5 Å². The smallest absolute Gasteiger partial charge is 0.248 e. The predicted octanol–water partition coefficient (Wildman–Crippen LogP) is -0.478. The minimum atomic E-state index is 0.0436. The molecule has 17 heavy (non-hydrogen) atoms. The number of anilines is 1. The molecule has 6 nitrogen and oxygen atoms in total. The molecule has 6 heteroatoms. The average Bonchev–Trinajstić information content (AvgIpc) is 2.80. The number of morpholine rings is 1. The Balaban J connectivity index is 1.79. The molecule has 0 bridgehead atoms. The van der Waals surface area contributed by atoms with Crippen LogP contribution in [0.5, 0.6) is 0 Å². The lowest BCUT2D eigenvalue weighted by atomic mass is 10.1. The molecule has 1 aromatic rings. The SMILES string of the molecule is CN1C(=O)CO[C@H]2CN(c3ncccn3)C[C@H]21. The van der Waals surface area contributed by atoms with Crippen molar-refractivity contribution >= 4 is 11.9 Å². The Hall–Kier alpha value is -1.69. The maximum Gasteiger partial charge on any atom is 0.248 e. The zero-order valence-corrected chi connectivity index (χ0v) is 9.61. The number of ether oxygens (including phenoxy) is 1. The van der Waals surface area contributed by atoms with Crippen LogP contribution in [0.2, 0.25) is 0 Å². The van der Waals surface area contributed by atoms with Crippen molar-refractivity contribution in [3.8, 4) is 0 Å². The van der Waals surface area contributed by atoms with Crippen LogP contribution < -0.4 is 4.90 Å². The largest absolute Gasteiger partial charge is 0.364 e. The van der Waals surface area contributed by atoms with Gasteiger partial charge in [0.05, 0.1) is 12.1 Å². The molecule has 0 spiro atoms. The van der Waals surface area contributed by atoms with E-state index in [1.54, 1.807) is 23.4 Å². The summed E-state index contributed by atoms with van der Waals surface area (Å²) in [4.78, 5) is 23.8. The lowest BCUT2D eigenvalue weighted by Crippen LogP contribution is -2.51.